The van der Waals surface area contributed by atoms with Crippen LogP contribution < -0.4 is 10.2 Å². The molecule has 0 radical (unpaired) electrons. The van der Waals surface area contributed by atoms with E-state index >= 15 is 0 Å². The number of nitrogens with zero attached hydrogens (tertiary/aromatic N) is 3. The van der Waals surface area contributed by atoms with Crippen LogP contribution in [0.4, 0.5) is 10.1 Å². The fraction of sp³-hybridized carbons (Fsp3) is 0.310. The second-order valence-electron chi connectivity index (χ2n) is 10.4. The van der Waals surface area contributed by atoms with Crippen LogP contribution in [-0.2, 0) is 4.79 Å². The van der Waals surface area contributed by atoms with Gasteiger partial charge in [-0.1, -0.05) is 30.3 Å². The molecule has 178 valence electrons. The highest BCUT2D eigenvalue weighted by Crippen LogP contribution is 2.46. The predicted molar refractivity (Wildman–Crippen MR) is 136 cm³/mol. The van der Waals surface area contributed by atoms with E-state index in [1.807, 2.05) is 16.9 Å². The maximum absolute atomic E-state index is 13.4. The van der Waals surface area contributed by atoms with Gasteiger partial charge in [0.15, 0.2) is 0 Å². The van der Waals surface area contributed by atoms with Gasteiger partial charge in [-0.15, -0.1) is 0 Å². The Kier molecular flexibility index (Phi) is 5.13. The van der Waals surface area contributed by atoms with Crippen LogP contribution in [0.25, 0.3) is 16.6 Å². The smallest absolute Gasteiger partial charge is 0.223 e. The number of rotatable bonds is 5. The standard InChI is InChI=1S/C29H29FN4O/c1-29(2)17-25(32-28(35)20-8-9-20)27(19-6-4-3-5-7-19)33(29)24-14-15-26-21(16-24)18-31-34(26)23-12-10-22(30)11-13-23/h3-7,10-16,18,20,25,27H,8-9,17H2,1-2H3,(H,32,35)/t25-,27+/m0/s1. The molecule has 6 heteroatoms. The number of aromatic nitrogens is 2. The summed E-state index contributed by atoms with van der Waals surface area (Å²) < 4.78 is 15.2. The Hall–Kier alpha value is -3.67. The minimum Gasteiger partial charge on any atom is -0.357 e. The lowest BCUT2D eigenvalue weighted by atomic mass is 9.97. The molecule has 1 amide bonds. The first-order valence-electron chi connectivity index (χ1n) is 12.3. The van der Waals surface area contributed by atoms with E-state index in [-0.39, 0.29) is 35.3 Å². The van der Waals surface area contributed by atoms with Crippen molar-refractivity contribution in [2.45, 2.75) is 50.7 Å². The van der Waals surface area contributed by atoms with Crippen molar-refractivity contribution < 1.29 is 9.18 Å². The lowest BCUT2D eigenvalue weighted by Crippen LogP contribution is -2.42. The number of hydrogen-bond donors (Lipinski definition) is 1. The average Bonchev–Trinajstić information content (AvgIpc) is 3.57. The molecule has 1 saturated heterocycles. The summed E-state index contributed by atoms with van der Waals surface area (Å²) in [5.74, 6) is 0.0980. The maximum Gasteiger partial charge on any atom is 0.223 e. The normalized spacial score (nSPS) is 21.4. The van der Waals surface area contributed by atoms with E-state index in [0.717, 1.165) is 41.5 Å². The van der Waals surface area contributed by atoms with Gasteiger partial charge < -0.3 is 10.2 Å². The molecule has 2 fully saturated rings. The number of amides is 1. The van der Waals surface area contributed by atoms with Crippen LogP contribution in [0.5, 0.6) is 0 Å². The van der Waals surface area contributed by atoms with Crippen LogP contribution in [0.1, 0.15) is 44.7 Å². The fourth-order valence-electron chi connectivity index (χ4n) is 5.58. The van der Waals surface area contributed by atoms with Crippen molar-refractivity contribution in [3.63, 3.8) is 0 Å². The van der Waals surface area contributed by atoms with E-state index in [1.54, 1.807) is 12.1 Å². The van der Waals surface area contributed by atoms with Gasteiger partial charge in [-0.3, -0.25) is 4.79 Å². The monoisotopic (exact) mass is 468 g/mol. The molecule has 35 heavy (non-hydrogen) atoms. The summed E-state index contributed by atoms with van der Waals surface area (Å²) in [7, 11) is 0. The number of carbonyl (C=O) groups is 1. The average molecular weight is 469 g/mol. The van der Waals surface area contributed by atoms with Crippen molar-refractivity contribution in [3.8, 4) is 5.69 Å². The zero-order valence-electron chi connectivity index (χ0n) is 20.0. The van der Waals surface area contributed by atoms with Gasteiger partial charge in [-0.25, -0.2) is 9.07 Å². The largest absolute Gasteiger partial charge is 0.357 e. The molecule has 0 bridgehead atoms. The number of nitrogens with one attached hydrogen (secondary N) is 1. The molecule has 5 nitrogen and oxygen atoms in total. The molecule has 4 aromatic rings. The number of hydrogen-bond acceptors (Lipinski definition) is 3. The van der Waals surface area contributed by atoms with Gasteiger partial charge >= 0.3 is 0 Å². The summed E-state index contributed by atoms with van der Waals surface area (Å²) in [4.78, 5) is 15.2. The summed E-state index contributed by atoms with van der Waals surface area (Å²) in [5.41, 5.74) is 3.91. The zero-order valence-corrected chi connectivity index (χ0v) is 20.0. The topological polar surface area (TPSA) is 50.2 Å². The SMILES string of the molecule is CC1(C)C[C@H](NC(=O)C2CC2)[C@@H](c2ccccc2)N1c1ccc2c(cnn2-c2ccc(F)cc2)c1. The van der Waals surface area contributed by atoms with E-state index in [0.29, 0.717) is 0 Å². The molecule has 6 rings (SSSR count). The van der Waals surface area contributed by atoms with Gasteiger partial charge in [0.25, 0.3) is 0 Å². The molecule has 0 spiro atoms. The van der Waals surface area contributed by atoms with Gasteiger partial charge in [-0.2, -0.15) is 5.10 Å². The van der Waals surface area contributed by atoms with Crippen molar-refractivity contribution in [1.29, 1.82) is 0 Å². The molecule has 3 aromatic carbocycles. The molecule has 2 aliphatic rings. The van der Waals surface area contributed by atoms with Gasteiger partial charge in [0, 0.05) is 22.5 Å². The Bertz CT molecular complexity index is 1380. The lowest BCUT2D eigenvalue weighted by Gasteiger charge is -2.38. The van der Waals surface area contributed by atoms with Crippen molar-refractivity contribution in [3.05, 3.63) is 90.4 Å². The molecule has 1 saturated carbocycles. The molecule has 1 N–H and O–H groups in total. The van der Waals surface area contributed by atoms with Crippen LogP contribution in [-0.4, -0.2) is 27.3 Å². The number of anilines is 1. The summed E-state index contributed by atoms with van der Waals surface area (Å²) >= 11 is 0. The van der Waals surface area contributed by atoms with Crippen molar-refractivity contribution in [1.82, 2.24) is 15.1 Å². The molecular weight excluding hydrogens is 439 g/mol. The van der Waals surface area contributed by atoms with Crippen LogP contribution in [0.2, 0.25) is 0 Å². The van der Waals surface area contributed by atoms with E-state index in [9.17, 15) is 9.18 Å². The van der Waals surface area contributed by atoms with E-state index in [2.05, 4.69) is 71.6 Å². The van der Waals surface area contributed by atoms with Gasteiger partial charge in [0.05, 0.1) is 29.5 Å². The Labute approximate surface area is 204 Å². The summed E-state index contributed by atoms with van der Waals surface area (Å²) in [5, 5.41) is 8.97. The molecule has 1 aliphatic heterocycles. The zero-order chi connectivity index (χ0) is 24.2. The highest BCUT2D eigenvalue weighted by Gasteiger charge is 2.48. The van der Waals surface area contributed by atoms with Crippen LogP contribution in [0, 0.1) is 11.7 Å². The molecule has 0 unspecified atom stereocenters. The third kappa shape index (κ3) is 3.97. The van der Waals surface area contributed by atoms with Crippen LogP contribution in [0.15, 0.2) is 79.0 Å². The molecular formula is C29H29FN4O. The van der Waals surface area contributed by atoms with Crippen molar-refractivity contribution >= 4 is 22.5 Å². The molecule has 2 atom stereocenters. The van der Waals surface area contributed by atoms with Crippen molar-refractivity contribution in [2.24, 2.45) is 5.92 Å². The minimum atomic E-state index is -0.265. The van der Waals surface area contributed by atoms with Crippen LogP contribution >= 0.6 is 0 Å². The Morgan fingerprint density at radius 3 is 2.43 bits per heavy atom. The maximum atomic E-state index is 13.4. The predicted octanol–water partition coefficient (Wildman–Crippen LogP) is 5.79. The van der Waals surface area contributed by atoms with E-state index < -0.39 is 0 Å². The molecule has 1 aliphatic carbocycles. The summed E-state index contributed by atoms with van der Waals surface area (Å²) in [6.07, 6.45) is 4.71. The quantitative estimate of drug-likeness (QED) is 0.403. The number of benzene rings is 3. The highest BCUT2D eigenvalue weighted by atomic mass is 19.1. The summed E-state index contributed by atoms with van der Waals surface area (Å²) in [6, 6.07) is 23.3. The number of carbonyl (C=O) groups excluding carboxylic acids is 1. The Morgan fingerprint density at radius 2 is 1.71 bits per heavy atom. The van der Waals surface area contributed by atoms with Gasteiger partial charge in [0.1, 0.15) is 5.82 Å². The first-order valence-corrected chi connectivity index (χ1v) is 12.3. The third-order valence-corrected chi connectivity index (χ3v) is 7.35. The van der Waals surface area contributed by atoms with E-state index in [4.69, 9.17) is 0 Å². The number of halogens is 1. The first kappa shape index (κ1) is 21.8. The van der Waals surface area contributed by atoms with Gasteiger partial charge in [-0.05, 0) is 81.1 Å². The Morgan fingerprint density at radius 1 is 1.00 bits per heavy atom. The second kappa shape index (κ2) is 8.22. The first-order chi connectivity index (χ1) is 16.9. The molecule has 1 aromatic heterocycles. The van der Waals surface area contributed by atoms with Gasteiger partial charge in [0.2, 0.25) is 5.91 Å². The third-order valence-electron chi connectivity index (χ3n) is 7.35. The highest BCUT2D eigenvalue weighted by molar-refractivity contribution is 5.85. The Balaban J connectivity index is 1.40. The minimum absolute atomic E-state index is 0.0261. The number of fused-ring (bicyclic) bond motifs is 1. The summed E-state index contributed by atoms with van der Waals surface area (Å²) in [6.45, 7) is 4.50. The fourth-order valence-corrected chi connectivity index (χ4v) is 5.58. The lowest BCUT2D eigenvalue weighted by molar-refractivity contribution is -0.123. The van der Waals surface area contributed by atoms with Crippen molar-refractivity contribution in [2.75, 3.05) is 4.90 Å². The second-order valence-corrected chi connectivity index (χ2v) is 10.4. The van der Waals surface area contributed by atoms with Crippen LogP contribution in [0.3, 0.4) is 0 Å². The molecule has 2 heterocycles. The van der Waals surface area contributed by atoms with E-state index in [1.165, 1.54) is 17.7 Å².